The van der Waals surface area contributed by atoms with Gasteiger partial charge < -0.3 is 16.2 Å². The summed E-state index contributed by atoms with van der Waals surface area (Å²) in [7, 11) is 0. The van der Waals surface area contributed by atoms with Crippen molar-refractivity contribution in [1.82, 2.24) is 15.0 Å². The van der Waals surface area contributed by atoms with Gasteiger partial charge in [0, 0.05) is 41.8 Å². The zero-order chi connectivity index (χ0) is 23.3. The molecule has 0 radical (unpaired) electrons. The van der Waals surface area contributed by atoms with Crippen LogP contribution in [0.4, 0.5) is 5.82 Å². The van der Waals surface area contributed by atoms with E-state index in [1.54, 1.807) is 23.7 Å². The summed E-state index contributed by atoms with van der Waals surface area (Å²) in [4.78, 5) is 13.8. The van der Waals surface area contributed by atoms with Crippen LogP contribution in [0.15, 0.2) is 60.2 Å². The van der Waals surface area contributed by atoms with Crippen LogP contribution in [-0.2, 0) is 6.42 Å². The lowest BCUT2D eigenvalue weighted by atomic mass is 10.1. The molecule has 4 N–H and O–H groups in total. The molecule has 5 rings (SSSR count). The van der Waals surface area contributed by atoms with Crippen LogP contribution in [0, 0.1) is 17.8 Å². The second kappa shape index (κ2) is 10.3. The second-order valence-electron chi connectivity index (χ2n) is 8.66. The Morgan fingerprint density at radius 1 is 1.12 bits per heavy atom. The Labute approximate surface area is 203 Å². The smallest absolute Gasteiger partial charge is 0.162 e. The highest BCUT2D eigenvalue weighted by atomic mass is 32.1. The summed E-state index contributed by atoms with van der Waals surface area (Å²) in [5, 5.41) is 15.6. The Morgan fingerprint density at radius 2 is 1.94 bits per heavy atom. The molecule has 1 saturated carbocycles. The van der Waals surface area contributed by atoms with E-state index in [4.69, 9.17) is 15.7 Å². The predicted molar refractivity (Wildman–Crippen MR) is 137 cm³/mol. The van der Waals surface area contributed by atoms with Crippen LogP contribution in [0.3, 0.4) is 0 Å². The summed E-state index contributed by atoms with van der Waals surface area (Å²) in [6, 6.07) is 14.0. The minimum absolute atomic E-state index is 0.0324. The van der Waals surface area contributed by atoms with E-state index >= 15 is 0 Å². The van der Waals surface area contributed by atoms with Crippen molar-refractivity contribution in [2.24, 2.45) is 11.7 Å². The summed E-state index contributed by atoms with van der Waals surface area (Å²) in [5.74, 6) is 7.98. The highest BCUT2D eigenvalue weighted by Crippen LogP contribution is 2.32. The quantitative estimate of drug-likeness (QED) is 0.365. The first-order valence-electron chi connectivity index (χ1n) is 11.6. The number of nitrogens with one attached hydrogen (secondary N) is 1. The molecule has 0 spiro atoms. The maximum absolute atomic E-state index is 10.1. The molecule has 4 aromatic rings. The highest BCUT2D eigenvalue weighted by molar-refractivity contribution is 7.18. The lowest BCUT2D eigenvalue weighted by Gasteiger charge is -2.14. The third-order valence-corrected chi connectivity index (χ3v) is 7.07. The van der Waals surface area contributed by atoms with Crippen molar-refractivity contribution in [3.63, 3.8) is 0 Å². The van der Waals surface area contributed by atoms with E-state index in [2.05, 4.69) is 34.3 Å². The van der Waals surface area contributed by atoms with Gasteiger partial charge in [0.15, 0.2) is 5.82 Å². The molecule has 2 unspecified atom stereocenters. The van der Waals surface area contributed by atoms with Crippen LogP contribution < -0.4 is 11.1 Å². The van der Waals surface area contributed by atoms with Crippen LogP contribution in [0.1, 0.15) is 30.4 Å². The van der Waals surface area contributed by atoms with Gasteiger partial charge in [0.25, 0.3) is 0 Å². The van der Waals surface area contributed by atoms with Gasteiger partial charge in [-0.2, -0.15) is 0 Å². The van der Waals surface area contributed by atoms with Gasteiger partial charge in [-0.25, -0.2) is 9.97 Å². The molecular formula is C27H27N5OS. The van der Waals surface area contributed by atoms with Crippen LogP contribution >= 0.6 is 11.3 Å². The molecule has 6 nitrogen and oxygen atoms in total. The van der Waals surface area contributed by atoms with Gasteiger partial charge in [-0.15, -0.1) is 11.3 Å². The number of nitrogens with two attached hydrogens (primary N) is 1. The van der Waals surface area contributed by atoms with E-state index < -0.39 is 0 Å². The molecule has 1 aliphatic rings. The SMILES string of the molecule is N[C@H](CNc1nc(-c2ccncc2)nc2c(C#CC3CCCC3O)csc12)Cc1ccccc1. The van der Waals surface area contributed by atoms with Gasteiger partial charge in [0.1, 0.15) is 11.3 Å². The summed E-state index contributed by atoms with van der Waals surface area (Å²) >= 11 is 1.58. The number of fused-ring (bicyclic) bond motifs is 1. The van der Waals surface area contributed by atoms with E-state index in [-0.39, 0.29) is 18.1 Å². The van der Waals surface area contributed by atoms with E-state index in [0.29, 0.717) is 12.4 Å². The minimum Gasteiger partial charge on any atom is -0.392 e. The number of hydrogen-bond acceptors (Lipinski definition) is 7. The molecule has 1 aromatic carbocycles. The molecule has 1 aliphatic carbocycles. The largest absolute Gasteiger partial charge is 0.392 e. The first kappa shape index (κ1) is 22.5. The Morgan fingerprint density at radius 3 is 2.71 bits per heavy atom. The number of aliphatic hydroxyl groups is 1. The van der Waals surface area contributed by atoms with Gasteiger partial charge in [0.05, 0.1) is 16.4 Å². The monoisotopic (exact) mass is 469 g/mol. The molecular weight excluding hydrogens is 442 g/mol. The van der Waals surface area contributed by atoms with Crippen LogP contribution in [0.25, 0.3) is 21.6 Å². The van der Waals surface area contributed by atoms with Gasteiger partial charge in [-0.3, -0.25) is 4.98 Å². The fourth-order valence-corrected chi connectivity index (χ4v) is 5.16. The van der Waals surface area contributed by atoms with Crippen LogP contribution in [-0.4, -0.2) is 38.7 Å². The molecule has 3 heterocycles. The van der Waals surface area contributed by atoms with E-state index in [1.807, 2.05) is 35.7 Å². The van der Waals surface area contributed by atoms with E-state index in [1.165, 1.54) is 5.56 Å². The number of pyridine rings is 1. The molecule has 3 atom stereocenters. The van der Waals surface area contributed by atoms with E-state index in [9.17, 15) is 5.11 Å². The van der Waals surface area contributed by atoms with Crippen molar-refractivity contribution in [2.75, 3.05) is 11.9 Å². The molecule has 1 fully saturated rings. The van der Waals surface area contributed by atoms with Crippen LogP contribution in [0.5, 0.6) is 0 Å². The molecule has 0 amide bonds. The highest BCUT2D eigenvalue weighted by Gasteiger charge is 2.23. The van der Waals surface area contributed by atoms with Gasteiger partial charge in [0.2, 0.25) is 0 Å². The molecule has 172 valence electrons. The normalized spacial score (nSPS) is 18.4. The van der Waals surface area contributed by atoms with Crippen molar-refractivity contribution in [3.8, 4) is 23.2 Å². The number of anilines is 1. The molecule has 0 bridgehead atoms. The second-order valence-corrected chi connectivity index (χ2v) is 9.54. The van der Waals surface area contributed by atoms with Crippen molar-refractivity contribution in [2.45, 2.75) is 37.8 Å². The summed E-state index contributed by atoms with van der Waals surface area (Å²) in [6.45, 7) is 0.587. The van der Waals surface area contributed by atoms with Crippen molar-refractivity contribution >= 4 is 27.4 Å². The Kier molecular flexibility index (Phi) is 6.82. The average Bonchev–Trinajstić information content (AvgIpc) is 3.48. The lowest BCUT2D eigenvalue weighted by molar-refractivity contribution is 0.157. The van der Waals surface area contributed by atoms with E-state index in [0.717, 1.165) is 52.8 Å². The summed E-state index contributed by atoms with van der Waals surface area (Å²) in [6.07, 6.45) is 6.72. The molecule has 0 saturated heterocycles. The Bertz CT molecular complexity index is 1310. The Balaban J connectivity index is 1.45. The third kappa shape index (κ3) is 5.10. The number of nitrogens with zero attached hydrogens (tertiary/aromatic N) is 3. The maximum Gasteiger partial charge on any atom is 0.162 e. The first-order valence-corrected chi connectivity index (χ1v) is 12.5. The van der Waals surface area contributed by atoms with Crippen molar-refractivity contribution in [1.29, 1.82) is 0 Å². The number of thiophene rings is 1. The fraction of sp³-hybridized carbons (Fsp3) is 0.296. The number of hydrogen-bond donors (Lipinski definition) is 3. The lowest BCUT2D eigenvalue weighted by Crippen LogP contribution is -2.31. The molecule has 0 aliphatic heterocycles. The fourth-order valence-electron chi connectivity index (χ4n) is 4.25. The van der Waals surface area contributed by atoms with Crippen molar-refractivity contribution < 1.29 is 5.11 Å². The number of aliphatic hydroxyl groups excluding tert-OH is 1. The van der Waals surface area contributed by atoms with Gasteiger partial charge in [-0.05, 0) is 43.4 Å². The number of benzene rings is 1. The average molecular weight is 470 g/mol. The van der Waals surface area contributed by atoms with Crippen LogP contribution in [0.2, 0.25) is 0 Å². The molecule has 34 heavy (non-hydrogen) atoms. The topological polar surface area (TPSA) is 97.0 Å². The van der Waals surface area contributed by atoms with Crippen molar-refractivity contribution in [3.05, 3.63) is 71.4 Å². The zero-order valence-corrected chi connectivity index (χ0v) is 19.6. The standard InChI is InChI=1S/C27H27N5OS/c28-22(15-18-5-2-1-3-6-18)16-30-27-25-24(31-26(32-27)20-11-13-29-14-12-20)21(17-34-25)10-9-19-7-4-8-23(19)33/h1-3,5-6,11-14,17,19,22-23,33H,4,7-8,15-16,28H2,(H,30,31,32)/t19?,22-,23?/m0/s1. The molecule has 7 heteroatoms. The summed E-state index contributed by atoms with van der Waals surface area (Å²) < 4.78 is 0.959. The Hall–Kier alpha value is -3.31. The van der Waals surface area contributed by atoms with Gasteiger partial charge in [-0.1, -0.05) is 42.2 Å². The zero-order valence-electron chi connectivity index (χ0n) is 18.8. The first-order chi connectivity index (χ1) is 16.7. The maximum atomic E-state index is 10.1. The van der Waals surface area contributed by atoms with Gasteiger partial charge >= 0.3 is 0 Å². The minimum atomic E-state index is -0.331. The third-order valence-electron chi connectivity index (χ3n) is 6.10. The number of aromatic nitrogens is 3. The predicted octanol–water partition coefficient (Wildman–Crippen LogP) is 4.25. The molecule has 3 aromatic heterocycles. The summed E-state index contributed by atoms with van der Waals surface area (Å²) in [5.41, 5.74) is 10.2. The number of rotatable bonds is 6.